The highest BCUT2D eigenvalue weighted by molar-refractivity contribution is 5.99. The maximum Gasteiger partial charge on any atom is 0.163 e. The molecular formula is C14H17N3O. The van der Waals surface area contributed by atoms with Gasteiger partial charge in [-0.25, -0.2) is 4.98 Å². The van der Waals surface area contributed by atoms with Crippen LogP contribution in [0.2, 0.25) is 0 Å². The zero-order valence-electron chi connectivity index (χ0n) is 10.5. The third kappa shape index (κ3) is 2.16. The SMILES string of the molecule is Cc1nc2ccc(C(=O)CC3CCNC3)cc2[nH]1. The van der Waals surface area contributed by atoms with Crippen molar-refractivity contribution in [3.63, 3.8) is 0 Å². The molecule has 1 atom stereocenters. The second-order valence-electron chi connectivity index (χ2n) is 5.04. The Balaban J connectivity index is 1.81. The number of imidazole rings is 1. The van der Waals surface area contributed by atoms with Gasteiger partial charge in [-0.05, 0) is 50.6 Å². The number of hydrogen-bond acceptors (Lipinski definition) is 3. The minimum absolute atomic E-state index is 0.234. The molecule has 1 unspecified atom stereocenters. The van der Waals surface area contributed by atoms with Crippen molar-refractivity contribution < 1.29 is 4.79 Å². The molecule has 1 aliphatic heterocycles. The molecule has 18 heavy (non-hydrogen) atoms. The van der Waals surface area contributed by atoms with Crippen molar-refractivity contribution >= 4 is 16.8 Å². The molecule has 1 aliphatic rings. The average molecular weight is 243 g/mol. The van der Waals surface area contributed by atoms with Gasteiger partial charge in [0.2, 0.25) is 0 Å². The van der Waals surface area contributed by atoms with Gasteiger partial charge in [-0.2, -0.15) is 0 Å². The lowest BCUT2D eigenvalue weighted by Gasteiger charge is -2.06. The van der Waals surface area contributed by atoms with Gasteiger partial charge in [0.05, 0.1) is 11.0 Å². The average Bonchev–Trinajstić information content (AvgIpc) is 2.95. The first-order chi connectivity index (χ1) is 8.72. The van der Waals surface area contributed by atoms with Crippen LogP contribution in [0.5, 0.6) is 0 Å². The first-order valence-corrected chi connectivity index (χ1v) is 6.42. The van der Waals surface area contributed by atoms with Crippen molar-refractivity contribution in [2.45, 2.75) is 19.8 Å². The Hall–Kier alpha value is -1.68. The molecule has 2 heterocycles. The lowest BCUT2D eigenvalue weighted by atomic mass is 9.97. The van der Waals surface area contributed by atoms with Crippen LogP contribution in [0.3, 0.4) is 0 Å². The van der Waals surface area contributed by atoms with E-state index < -0.39 is 0 Å². The van der Waals surface area contributed by atoms with Gasteiger partial charge in [-0.3, -0.25) is 4.79 Å². The van der Waals surface area contributed by atoms with E-state index in [0.717, 1.165) is 41.9 Å². The first kappa shape index (κ1) is 11.4. The van der Waals surface area contributed by atoms with Gasteiger partial charge < -0.3 is 10.3 Å². The highest BCUT2D eigenvalue weighted by Gasteiger charge is 2.19. The number of Topliss-reactive ketones (excluding diaryl/α,β-unsaturated/α-hetero) is 1. The van der Waals surface area contributed by atoms with Gasteiger partial charge in [0.15, 0.2) is 5.78 Å². The minimum atomic E-state index is 0.234. The summed E-state index contributed by atoms with van der Waals surface area (Å²) in [6, 6.07) is 5.71. The summed E-state index contributed by atoms with van der Waals surface area (Å²) in [7, 11) is 0. The maximum atomic E-state index is 12.2. The number of aryl methyl sites for hydroxylation is 1. The number of ketones is 1. The van der Waals surface area contributed by atoms with Crippen molar-refractivity contribution in [2.24, 2.45) is 5.92 Å². The molecule has 1 saturated heterocycles. The van der Waals surface area contributed by atoms with Gasteiger partial charge in [0.1, 0.15) is 5.82 Å². The Labute approximate surface area is 106 Å². The van der Waals surface area contributed by atoms with Gasteiger partial charge in [-0.1, -0.05) is 0 Å². The molecule has 0 amide bonds. The number of carbonyl (C=O) groups is 1. The molecule has 4 nitrogen and oxygen atoms in total. The highest BCUT2D eigenvalue weighted by atomic mass is 16.1. The molecule has 0 radical (unpaired) electrons. The largest absolute Gasteiger partial charge is 0.342 e. The Morgan fingerprint density at radius 2 is 2.39 bits per heavy atom. The number of aromatic amines is 1. The molecule has 0 saturated carbocycles. The second-order valence-corrected chi connectivity index (χ2v) is 5.04. The van der Waals surface area contributed by atoms with Gasteiger partial charge in [0.25, 0.3) is 0 Å². The Bertz CT molecular complexity index is 582. The molecule has 1 aromatic carbocycles. The fourth-order valence-electron chi connectivity index (χ4n) is 2.58. The summed E-state index contributed by atoms with van der Waals surface area (Å²) in [4.78, 5) is 19.7. The van der Waals surface area contributed by atoms with Crippen molar-refractivity contribution in [3.8, 4) is 0 Å². The Kier molecular flexibility index (Phi) is 2.88. The summed E-state index contributed by atoms with van der Waals surface area (Å²) in [5.41, 5.74) is 2.66. The topological polar surface area (TPSA) is 57.8 Å². The van der Waals surface area contributed by atoms with E-state index in [1.54, 1.807) is 0 Å². The first-order valence-electron chi connectivity index (χ1n) is 6.42. The monoisotopic (exact) mass is 243 g/mol. The molecule has 0 spiro atoms. The maximum absolute atomic E-state index is 12.2. The minimum Gasteiger partial charge on any atom is -0.342 e. The van der Waals surface area contributed by atoms with Gasteiger partial charge in [0, 0.05) is 12.0 Å². The molecule has 4 heteroatoms. The number of benzene rings is 1. The van der Waals surface area contributed by atoms with E-state index >= 15 is 0 Å². The third-order valence-electron chi connectivity index (χ3n) is 3.56. The summed E-state index contributed by atoms with van der Waals surface area (Å²) in [6.45, 7) is 3.93. The number of H-pyrrole nitrogens is 1. The number of fused-ring (bicyclic) bond motifs is 1. The quantitative estimate of drug-likeness (QED) is 0.811. The van der Waals surface area contributed by atoms with Crippen LogP contribution < -0.4 is 5.32 Å². The van der Waals surface area contributed by atoms with E-state index in [9.17, 15) is 4.79 Å². The van der Waals surface area contributed by atoms with Gasteiger partial charge >= 0.3 is 0 Å². The predicted molar refractivity (Wildman–Crippen MR) is 70.8 cm³/mol. The van der Waals surface area contributed by atoms with Gasteiger partial charge in [-0.15, -0.1) is 0 Å². The van der Waals surface area contributed by atoms with E-state index in [2.05, 4.69) is 15.3 Å². The third-order valence-corrected chi connectivity index (χ3v) is 3.56. The molecular weight excluding hydrogens is 226 g/mol. The van der Waals surface area contributed by atoms with Crippen LogP contribution in [0.15, 0.2) is 18.2 Å². The highest BCUT2D eigenvalue weighted by Crippen LogP contribution is 2.19. The van der Waals surface area contributed by atoms with Crippen molar-refractivity contribution in [1.29, 1.82) is 0 Å². The molecule has 1 fully saturated rings. The Morgan fingerprint density at radius 3 is 3.17 bits per heavy atom. The van der Waals surface area contributed by atoms with Crippen molar-refractivity contribution in [2.75, 3.05) is 13.1 Å². The Morgan fingerprint density at radius 1 is 1.50 bits per heavy atom. The fourth-order valence-corrected chi connectivity index (χ4v) is 2.58. The summed E-state index contributed by atoms with van der Waals surface area (Å²) in [6.07, 6.45) is 1.75. The lowest BCUT2D eigenvalue weighted by Crippen LogP contribution is -2.12. The molecule has 2 aromatic rings. The van der Waals surface area contributed by atoms with Crippen LogP contribution in [-0.2, 0) is 0 Å². The number of hydrogen-bond donors (Lipinski definition) is 2. The van der Waals surface area contributed by atoms with E-state index in [0.29, 0.717) is 12.3 Å². The van der Waals surface area contributed by atoms with E-state index in [1.165, 1.54) is 0 Å². The molecule has 0 aliphatic carbocycles. The normalized spacial score (nSPS) is 19.5. The number of nitrogens with one attached hydrogen (secondary N) is 2. The zero-order chi connectivity index (χ0) is 12.5. The van der Waals surface area contributed by atoms with Crippen LogP contribution in [0.4, 0.5) is 0 Å². The number of carbonyl (C=O) groups excluding carboxylic acids is 1. The molecule has 94 valence electrons. The van der Waals surface area contributed by atoms with E-state index in [-0.39, 0.29) is 5.78 Å². The fraction of sp³-hybridized carbons (Fsp3) is 0.429. The lowest BCUT2D eigenvalue weighted by molar-refractivity contribution is 0.0964. The molecule has 0 bridgehead atoms. The smallest absolute Gasteiger partial charge is 0.163 e. The number of nitrogens with zero attached hydrogens (tertiary/aromatic N) is 1. The summed E-state index contributed by atoms with van der Waals surface area (Å²) < 4.78 is 0. The number of rotatable bonds is 3. The summed E-state index contributed by atoms with van der Waals surface area (Å²) >= 11 is 0. The standard InChI is InChI=1S/C14H17N3O/c1-9-16-12-3-2-11(7-13(12)17-9)14(18)6-10-4-5-15-8-10/h2-3,7,10,15H,4-6,8H2,1H3,(H,16,17). The van der Waals surface area contributed by atoms with Crippen LogP contribution in [0.1, 0.15) is 29.0 Å². The number of aromatic nitrogens is 2. The van der Waals surface area contributed by atoms with Crippen LogP contribution in [0, 0.1) is 12.8 Å². The van der Waals surface area contributed by atoms with Crippen molar-refractivity contribution in [1.82, 2.24) is 15.3 Å². The predicted octanol–water partition coefficient (Wildman–Crippen LogP) is 2.05. The van der Waals surface area contributed by atoms with E-state index in [1.807, 2.05) is 25.1 Å². The van der Waals surface area contributed by atoms with Crippen LogP contribution in [-0.4, -0.2) is 28.8 Å². The molecule has 2 N–H and O–H groups in total. The van der Waals surface area contributed by atoms with Crippen LogP contribution >= 0.6 is 0 Å². The second kappa shape index (κ2) is 4.53. The van der Waals surface area contributed by atoms with Crippen LogP contribution in [0.25, 0.3) is 11.0 Å². The summed E-state index contributed by atoms with van der Waals surface area (Å²) in [5, 5.41) is 3.29. The van der Waals surface area contributed by atoms with E-state index in [4.69, 9.17) is 0 Å². The zero-order valence-corrected chi connectivity index (χ0v) is 10.5. The van der Waals surface area contributed by atoms with Crippen molar-refractivity contribution in [3.05, 3.63) is 29.6 Å². The molecule has 1 aromatic heterocycles. The summed E-state index contributed by atoms with van der Waals surface area (Å²) in [5.74, 6) is 1.61. The molecule has 3 rings (SSSR count).